The molecule has 0 spiro atoms. The lowest BCUT2D eigenvalue weighted by Crippen LogP contribution is -2.27. The third-order valence-corrected chi connectivity index (χ3v) is 4.62. The zero-order valence-electron chi connectivity index (χ0n) is 15.2. The average Bonchev–Trinajstić information content (AvgIpc) is 3.19. The molecule has 0 atom stereocenters. The molecule has 0 radical (unpaired) electrons. The van der Waals surface area contributed by atoms with Crippen molar-refractivity contribution in [3.8, 4) is 0 Å². The molecule has 4 nitrogen and oxygen atoms in total. The van der Waals surface area contributed by atoms with Gasteiger partial charge in [-0.3, -0.25) is 4.79 Å². The Kier molecular flexibility index (Phi) is 6.44. The summed E-state index contributed by atoms with van der Waals surface area (Å²) in [5.41, 5.74) is 4.44. The minimum atomic E-state index is -0.00880. The van der Waals surface area contributed by atoms with E-state index in [2.05, 4.69) is 22.1 Å². The van der Waals surface area contributed by atoms with Crippen molar-refractivity contribution in [3.05, 3.63) is 94.5 Å². The molecule has 5 heteroatoms. The molecule has 1 heterocycles. The molecule has 27 heavy (non-hydrogen) atoms. The molecule has 138 valence electrons. The zero-order chi connectivity index (χ0) is 19.1. The van der Waals surface area contributed by atoms with E-state index in [9.17, 15) is 4.79 Å². The highest BCUT2D eigenvalue weighted by atomic mass is 35.5. The highest BCUT2D eigenvalue weighted by Gasteiger charge is 2.05. The number of hydrogen-bond acceptors (Lipinski definition) is 2. The van der Waals surface area contributed by atoms with Crippen molar-refractivity contribution in [2.24, 2.45) is 0 Å². The minimum absolute atomic E-state index is 0.00880. The number of nitrogens with zero attached hydrogens (tertiary/aromatic N) is 2. The molecule has 0 aliphatic heterocycles. The molecular formula is C22H22ClN3O. The van der Waals surface area contributed by atoms with Gasteiger partial charge in [-0.05, 0) is 41.3 Å². The summed E-state index contributed by atoms with van der Waals surface area (Å²) in [4.78, 5) is 21.1. The fourth-order valence-electron chi connectivity index (χ4n) is 2.70. The quantitative estimate of drug-likeness (QED) is 0.620. The first-order valence-corrected chi connectivity index (χ1v) is 9.22. The Morgan fingerprint density at radius 2 is 1.81 bits per heavy atom. The second-order valence-electron chi connectivity index (χ2n) is 6.46. The summed E-state index contributed by atoms with van der Waals surface area (Å²) in [5, 5.41) is 0.724. The second kappa shape index (κ2) is 9.19. The number of amides is 1. The van der Waals surface area contributed by atoms with Gasteiger partial charge in [0.25, 0.3) is 0 Å². The molecule has 0 unspecified atom stereocenters. The van der Waals surface area contributed by atoms with Crippen LogP contribution in [-0.4, -0.2) is 34.4 Å². The SMILES string of the molecule is CN(CCc1ccc(Cl)cc1)C(=O)/C=C/c1ccc(Cc2cnc[nH]2)cc1. The molecular weight excluding hydrogens is 358 g/mol. The molecule has 0 bridgehead atoms. The van der Waals surface area contributed by atoms with Gasteiger partial charge < -0.3 is 9.88 Å². The molecule has 0 aliphatic carbocycles. The molecule has 3 rings (SSSR count). The van der Waals surface area contributed by atoms with E-state index in [0.717, 1.165) is 34.7 Å². The number of aromatic nitrogens is 2. The molecule has 0 fully saturated rings. The summed E-state index contributed by atoms with van der Waals surface area (Å²) >= 11 is 5.89. The van der Waals surface area contributed by atoms with Gasteiger partial charge in [0.05, 0.1) is 6.33 Å². The summed E-state index contributed by atoms with van der Waals surface area (Å²) in [6.45, 7) is 0.661. The van der Waals surface area contributed by atoms with Crippen LogP contribution in [0, 0.1) is 0 Å². The second-order valence-corrected chi connectivity index (χ2v) is 6.90. The number of nitrogens with one attached hydrogen (secondary N) is 1. The van der Waals surface area contributed by atoms with E-state index in [1.165, 1.54) is 5.56 Å². The van der Waals surface area contributed by atoms with Crippen molar-refractivity contribution in [1.82, 2.24) is 14.9 Å². The number of H-pyrrole nitrogens is 1. The van der Waals surface area contributed by atoms with Crippen LogP contribution in [0.25, 0.3) is 6.08 Å². The van der Waals surface area contributed by atoms with Crippen LogP contribution < -0.4 is 0 Å². The van der Waals surface area contributed by atoms with Crippen LogP contribution >= 0.6 is 11.6 Å². The molecule has 1 aromatic heterocycles. The number of imidazole rings is 1. The van der Waals surface area contributed by atoms with Gasteiger partial charge in [-0.1, -0.05) is 48.0 Å². The van der Waals surface area contributed by atoms with Crippen LogP contribution in [0.4, 0.5) is 0 Å². The lowest BCUT2D eigenvalue weighted by atomic mass is 10.1. The van der Waals surface area contributed by atoms with Crippen molar-refractivity contribution in [2.75, 3.05) is 13.6 Å². The molecule has 2 aromatic carbocycles. The van der Waals surface area contributed by atoms with Gasteiger partial charge in [0, 0.05) is 43.0 Å². The standard InChI is InChI=1S/C22H22ClN3O/c1-26(13-12-18-6-9-20(23)10-7-18)22(27)11-8-17-2-4-19(5-3-17)14-21-15-24-16-25-21/h2-11,15-16H,12-14H2,1H3,(H,24,25)/b11-8+. The number of benzene rings is 2. The topological polar surface area (TPSA) is 49.0 Å². The Labute approximate surface area is 164 Å². The highest BCUT2D eigenvalue weighted by Crippen LogP contribution is 2.11. The smallest absolute Gasteiger partial charge is 0.246 e. The Morgan fingerprint density at radius 3 is 2.48 bits per heavy atom. The van der Waals surface area contributed by atoms with Crippen LogP contribution in [0.5, 0.6) is 0 Å². The monoisotopic (exact) mass is 379 g/mol. The molecule has 0 saturated heterocycles. The first kappa shape index (κ1) is 18.9. The van der Waals surface area contributed by atoms with Gasteiger partial charge in [0.2, 0.25) is 5.91 Å². The van der Waals surface area contributed by atoms with Crippen molar-refractivity contribution in [2.45, 2.75) is 12.8 Å². The summed E-state index contributed by atoms with van der Waals surface area (Å²) in [6.07, 6.45) is 8.59. The number of carbonyl (C=O) groups is 1. The fourth-order valence-corrected chi connectivity index (χ4v) is 2.83. The number of halogens is 1. The van der Waals surface area contributed by atoms with Crippen LogP contribution in [0.2, 0.25) is 5.02 Å². The van der Waals surface area contributed by atoms with E-state index in [4.69, 9.17) is 11.6 Å². The Hall–Kier alpha value is -2.85. The first-order chi connectivity index (χ1) is 13.1. The number of aromatic amines is 1. The summed E-state index contributed by atoms with van der Waals surface area (Å²) in [7, 11) is 1.82. The van der Waals surface area contributed by atoms with Crippen molar-refractivity contribution in [3.63, 3.8) is 0 Å². The van der Waals surface area contributed by atoms with Crippen molar-refractivity contribution >= 4 is 23.6 Å². The molecule has 0 aliphatic rings. The molecule has 1 N–H and O–H groups in total. The average molecular weight is 380 g/mol. The first-order valence-electron chi connectivity index (χ1n) is 8.84. The number of rotatable bonds is 7. The lowest BCUT2D eigenvalue weighted by Gasteiger charge is -2.15. The highest BCUT2D eigenvalue weighted by molar-refractivity contribution is 6.30. The van der Waals surface area contributed by atoms with E-state index in [1.54, 1.807) is 17.3 Å². The minimum Gasteiger partial charge on any atom is -0.348 e. The molecule has 3 aromatic rings. The number of likely N-dealkylation sites (N-methyl/N-ethyl adjacent to an activating group) is 1. The van der Waals surface area contributed by atoms with Gasteiger partial charge in [-0.2, -0.15) is 0 Å². The van der Waals surface area contributed by atoms with Gasteiger partial charge in [0.15, 0.2) is 0 Å². The van der Waals surface area contributed by atoms with E-state index in [1.807, 2.05) is 55.7 Å². The van der Waals surface area contributed by atoms with E-state index < -0.39 is 0 Å². The van der Waals surface area contributed by atoms with E-state index >= 15 is 0 Å². The third kappa shape index (κ3) is 5.83. The number of hydrogen-bond donors (Lipinski definition) is 1. The Bertz CT molecular complexity index is 884. The molecule has 0 saturated carbocycles. The maximum absolute atomic E-state index is 12.3. The third-order valence-electron chi connectivity index (χ3n) is 4.37. The van der Waals surface area contributed by atoms with Crippen LogP contribution in [0.3, 0.4) is 0 Å². The predicted molar refractivity (Wildman–Crippen MR) is 110 cm³/mol. The van der Waals surface area contributed by atoms with Gasteiger partial charge >= 0.3 is 0 Å². The van der Waals surface area contributed by atoms with Gasteiger partial charge in [-0.25, -0.2) is 4.98 Å². The normalized spacial score (nSPS) is 11.0. The van der Waals surface area contributed by atoms with Crippen molar-refractivity contribution in [1.29, 1.82) is 0 Å². The van der Waals surface area contributed by atoms with Crippen LogP contribution in [-0.2, 0) is 17.6 Å². The van der Waals surface area contributed by atoms with E-state index in [0.29, 0.717) is 6.54 Å². The van der Waals surface area contributed by atoms with Crippen LogP contribution in [0.1, 0.15) is 22.4 Å². The predicted octanol–water partition coefficient (Wildman–Crippen LogP) is 4.37. The number of carbonyl (C=O) groups excluding carboxylic acids is 1. The Morgan fingerprint density at radius 1 is 1.11 bits per heavy atom. The largest absolute Gasteiger partial charge is 0.348 e. The van der Waals surface area contributed by atoms with Gasteiger partial charge in [-0.15, -0.1) is 0 Å². The fraction of sp³-hybridized carbons (Fsp3) is 0.182. The maximum atomic E-state index is 12.3. The Balaban J connectivity index is 1.50. The lowest BCUT2D eigenvalue weighted by molar-refractivity contribution is -0.124. The van der Waals surface area contributed by atoms with Crippen molar-refractivity contribution < 1.29 is 4.79 Å². The van der Waals surface area contributed by atoms with Gasteiger partial charge in [0.1, 0.15) is 0 Å². The maximum Gasteiger partial charge on any atom is 0.246 e. The summed E-state index contributed by atoms with van der Waals surface area (Å²) < 4.78 is 0. The van der Waals surface area contributed by atoms with E-state index in [-0.39, 0.29) is 5.91 Å². The van der Waals surface area contributed by atoms with Crippen LogP contribution in [0.15, 0.2) is 67.1 Å². The summed E-state index contributed by atoms with van der Waals surface area (Å²) in [6, 6.07) is 15.9. The zero-order valence-corrected chi connectivity index (χ0v) is 16.0. The molecule has 1 amide bonds. The summed E-state index contributed by atoms with van der Waals surface area (Å²) in [5.74, 6) is -0.00880.